The molecule has 21 heavy (non-hydrogen) atoms. The van der Waals surface area contributed by atoms with Crippen LogP contribution in [0.2, 0.25) is 5.02 Å². The van der Waals surface area contributed by atoms with Crippen LogP contribution < -0.4 is 10.1 Å². The molecule has 2 aromatic carbocycles. The van der Waals surface area contributed by atoms with Crippen molar-refractivity contribution in [3.05, 3.63) is 58.6 Å². The average molecular weight is 306 g/mol. The van der Waals surface area contributed by atoms with Crippen LogP contribution in [0.15, 0.2) is 42.5 Å². The highest BCUT2D eigenvalue weighted by Gasteiger charge is 2.10. The van der Waals surface area contributed by atoms with Gasteiger partial charge >= 0.3 is 5.97 Å². The molecule has 0 radical (unpaired) electrons. The van der Waals surface area contributed by atoms with E-state index >= 15 is 0 Å². The van der Waals surface area contributed by atoms with Gasteiger partial charge in [0, 0.05) is 12.2 Å². The Morgan fingerprint density at radius 3 is 2.62 bits per heavy atom. The van der Waals surface area contributed by atoms with Crippen molar-refractivity contribution in [1.82, 2.24) is 0 Å². The maximum atomic E-state index is 11.7. The van der Waals surface area contributed by atoms with Crippen molar-refractivity contribution in [2.24, 2.45) is 0 Å². The first kappa shape index (κ1) is 15.2. The highest BCUT2D eigenvalue weighted by atomic mass is 35.5. The lowest BCUT2D eigenvalue weighted by Crippen LogP contribution is -2.09. The fourth-order valence-corrected chi connectivity index (χ4v) is 2.21. The molecule has 0 spiro atoms. The quantitative estimate of drug-likeness (QED) is 0.855. The van der Waals surface area contributed by atoms with Crippen LogP contribution in [-0.4, -0.2) is 20.2 Å². The lowest BCUT2D eigenvalue weighted by molar-refractivity contribution is 0.0599. The van der Waals surface area contributed by atoms with E-state index in [1.807, 2.05) is 18.2 Å². The van der Waals surface area contributed by atoms with Crippen molar-refractivity contribution in [3.8, 4) is 5.75 Å². The molecule has 0 aliphatic carbocycles. The van der Waals surface area contributed by atoms with Crippen LogP contribution in [0.25, 0.3) is 0 Å². The molecule has 0 atom stereocenters. The van der Waals surface area contributed by atoms with Crippen LogP contribution in [0.3, 0.4) is 0 Å². The Morgan fingerprint density at radius 2 is 1.95 bits per heavy atom. The number of hydrogen-bond acceptors (Lipinski definition) is 4. The smallest absolute Gasteiger partial charge is 0.338 e. The number of ether oxygens (including phenoxy) is 2. The summed E-state index contributed by atoms with van der Waals surface area (Å²) in [5, 5.41) is 3.76. The molecule has 0 fully saturated rings. The van der Waals surface area contributed by atoms with Gasteiger partial charge in [0.2, 0.25) is 0 Å². The number of benzene rings is 2. The molecule has 1 N–H and O–H groups in total. The Morgan fingerprint density at radius 1 is 1.19 bits per heavy atom. The minimum absolute atomic E-state index is 0.347. The van der Waals surface area contributed by atoms with Crippen LogP contribution >= 0.6 is 11.6 Å². The second kappa shape index (κ2) is 6.99. The largest absolute Gasteiger partial charge is 0.495 e. The van der Waals surface area contributed by atoms with E-state index in [0.717, 1.165) is 11.3 Å². The van der Waals surface area contributed by atoms with Gasteiger partial charge in [-0.15, -0.1) is 0 Å². The maximum absolute atomic E-state index is 11.7. The molecular weight excluding hydrogens is 290 g/mol. The number of nitrogens with one attached hydrogen (secondary N) is 1. The van der Waals surface area contributed by atoms with E-state index in [4.69, 9.17) is 21.1 Å². The summed E-state index contributed by atoms with van der Waals surface area (Å²) < 4.78 is 9.88. The summed E-state index contributed by atoms with van der Waals surface area (Å²) in [5.74, 6) is 0.275. The van der Waals surface area contributed by atoms with E-state index < -0.39 is 0 Å². The van der Waals surface area contributed by atoms with Gasteiger partial charge in [-0.1, -0.05) is 29.8 Å². The fourth-order valence-electron chi connectivity index (χ4n) is 1.96. The molecule has 0 aliphatic rings. The number of methoxy groups -OCH3 is 2. The highest BCUT2D eigenvalue weighted by Crippen LogP contribution is 2.27. The zero-order chi connectivity index (χ0) is 15.2. The zero-order valence-corrected chi connectivity index (χ0v) is 12.6. The van der Waals surface area contributed by atoms with Crippen molar-refractivity contribution in [2.75, 3.05) is 19.5 Å². The molecule has 0 aliphatic heterocycles. The lowest BCUT2D eigenvalue weighted by atomic mass is 10.1. The molecule has 0 bridgehead atoms. The number of carbonyl (C=O) groups excluding carboxylic acids is 1. The van der Waals surface area contributed by atoms with E-state index in [2.05, 4.69) is 5.32 Å². The summed E-state index contributed by atoms with van der Waals surface area (Å²) in [6.07, 6.45) is 0. The molecule has 0 aromatic heterocycles. The Hall–Kier alpha value is -2.20. The first-order valence-corrected chi connectivity index (χ1v) is 6.77. The molecule has 5 heteroatoms. The lowest BCUT2D eigenvalue weighted by Gasteiger charge is -2.11. The standard InChI is InChI=1S/C16H16ClNO3/c1-20-15-8-7-12(9-14(15)17)18-10-11-5-3-4-6-13(11)16(19)21-2/h3-9,18H,10H2,1-2H3. The Kier molecular flexibility index (Phi) is 5.06. The summed E-state index contributed by atoms with van der Waals surface area (Å²) in [5.41, 5.74) is 2.25. The minimum Gasteiger partial charge on any atom is -0.495 e. The van der Waals surface area contributed by atoms with E-state index in [1.54, 1.807) is 31.4 Å². The molecule has 4 nitrogen and oxygen atoms in total. The first-order chi connectivity index (χ1) is 10.2. The topological polar surface area (TPSA) is 47.6 Å². The Balaban J connectivity index is 2.13. The van der Waals surface area contributed by atoms with Crippen molar-refractivity contribution in [3.63, 3.8) is 0 Å². The van der Waals surface area contributed by atoms with Gasteiger partial charge in [0.25, 0.3) is 0 Å². The molecule has 2 rings (SSSR count). The summed E-state index contributed by atoms with van der Waals surface area (Å²) in [6.45, 7) is 0.494. The van der Waals surface area contributed by atoms with Crippen LogP contribution in [0.1, 0.15) is 15.9 Å². The van der Waals surface area contributed by atoms with Crippen LogP contribution in [0.4, 0.5) is 5.69 Å². The third kappa shape index (κ3) is 3.67. The SMILES string of the molecule is COC(=O)c1ccccc1CNc1ccc(OC)c(Cl)c1. The number of esters is 1. The third-order valence-electron chi connectivity index (χ3n) is 3.06. The maximum Gasteiger partial charge on any atom is 0.338 e. The minimum atomic E-state index is -0.347. The first-order valence-electron chi connectivity index (χ1n) is 6.39. The third-order valence-corrected chi connectivity index (χ3v) is 3.35. The molecule has 2 aromatic rings. The molecule has 0 saturated carbocycles. The second-order valence-corrected chi connectivity index (χ2v) is 4.76. The van der Waals surface area contributed by atoms with E-state index in [-0.39, 0.29) is 5.97 Å². The van der Waals surface area contributed by atoms with Gasteiger partial charge in [0.1, 0.15) is 5.75 Å². The predicted molar refractivity (Wildman–Crippen MR) is 83.1 cm³/mol. The number of hydrogen-bond donors (Lipinski definition) is 1. The van der Waals surface area contributed by atoms with Gasteiger partial charge in [-0.25, -0.2) is 4.79 Å². The molecule has 110 valence electrons. The zero-order valence-electron chi connectivity index (χ0n) is 11.9. The molecule has 0 saturated heterocycles. The van der Waals surface area contributed by atoms with Crippen molar-refractivity contribution in [2.45, 2.75) is 6.54 Å². The summed E-state index contributed by atoms with van der Waals surface area (Å²) in [7, 11) is 2.94. The van der Waals surface area contributed by atoms with Gasteiger partial charge < -0.3 is 14.8 Å². The molecule has 0 heterocycles. The van der Waals surface area contributed by atoms with E-state index in [1.165, 1.54) is 7.11 Å². The summed E-state index contributed by atoms with van der Waals surface area (Å²) in [6, 6.07) is 12.7. The van der Waals surface area contributed by atoms with E-state index in [0.29, 0.717) is 22.9 Å². The van der Waals surface area contributed by atoms with Gasteiger partial charge in [-0.3, -0.25) is 0 Å². The van der Waals surface area contributed by atoms with Crippen LogP contribution in [0, 0.1) is 0 Å². The highest BCUT2D eigenvalue weighted by molar-refractivity contribution is 6.32. The van der Waals surface area contributed by atoms with Gasteiger partial charge in [-0.2, -0.15) is 0 Å². The predicted octanol–water partition coefficient (Wildman–Crippen LogP) is 3.75. The van der Waals surface area contributed by atoms with Gasteiger partial charge in [-0.05, 0) is 29.8 Å². The Labute approximate surface area is 128 Å². The molecular formula is C16H16ClNO3. The number of carbonyl (C=O) groups is 1. The number of anilines is 1. The van der Waals surface area contributed by atoms with Gasteiger partial charge in [0.05, 0.1) is 24.8 Å². The fraction of sp³-hybridized carbons (Fsp3) is 0.188. The monoisotopic (exact) mass is 305 g/mol. The van der Waals surface area contributed by atoms with E-state index in [9.17, 15) is 4.79 Å². The second-order valence-electron chi connectivity index (χ2n) is 4.35. The average Bonchev–Trinajstić information content (AvgIpc) is 2.52. The van der Waals surface area contributed by atoms with Crippen molar-refractivity contribution < 1.29 is 14.3 Å². The van der Waals surface area contributed by atoms with Gasteiger partial charge in [0.15, 0.2) is 0 Å². The van der Waals surface area contributed by atoms with Crippen LogP contribution in [0.5, 0.6) is 5.75 Å². The number of rotatable bonds is 5. The molecule has 0 amide bonds. The summed E-state index contributed by atoms with van der Waals surface area (Å²) in [4.78, 5) is 11.7. The molecule has 0 unspecified atom stereocenters. The normalized spacial score (nSPS) is 10.0. The Bertz CT molecular complexity index is 643. The van der Waals surface area contributed by atoms with Crippen molar-refractivity contribution >= 4 is 23.3 Å². The van der Waals surface area contributed by atoms with Crippen LogP contribution in [-0.2, 0) is 11.3 Å². The number of halogens is 1. The van der Waals surface area contributed by atoms with Crippen molar-refractivity contribution in [1.29, 1.82) is 0 Å². The summed E-state index contributed by atoms with van der Waals surface area (Å²) >= 11 is 6.08.